The molecule has 2 rings (SSSR count). The monoisotopic (exact) mass is 268 g/mol. The molecule has 1 aliphatic rings. The Kier molecular flexibility index (Phi) is 4.07. The second kappa shape index (κ2) is 5.41. The third-order valence-electron chi connectivity index (χ3n) is 4.01. The first-order valence-corrected chi connectivity index (χ1v) is 6.79. The molecule has 100 valence electrons. The molecule has 1 fully saturated rings. The first-order chi connectivity index (χ1) is 8.50. The zero-order valence-corrected chi connectivity index (χ0v) is 12.3. The summed E-state index contributed by atoms with van der Waals surface area (Å²) in [6, 6.07) is 0.551. The van der Waals surface area contributed by atoms with Gasteiger partial charge in [-0.3, -0.25) is 0 Å². The van der Waals surface area contributed by atoms with Gasteiger partial charge in [0, 0.05) is 13.1 Å². The molecular formula is C13H21ClN4. The Labute approximate surface area is 114 Å². The molecular weight excluding hydrogens is 248 g/mol. The van der Waals surface area contributed by atoms with E-state index in [-0.39, 0.29) is 0 Å². The van der Waals surface area contributed by atoms with Crippen LogP contribution in [0.25, 0.3) is 0 Å². The zero-order chi connectivity index (χ0) is 13.3. The van der Waals surface area contributed by atoms with Crippen molar-refractivity contribution in [2.45, 2.75) is 32.7 Å². The van der Waals surface area contributed by atoms with Crippen LogP contribution in [0.2, 0.25) is 5.15 Å². The summed E-state index contributed by atoms with van der Waals surface area (Å²) in [5.74, 6) is 0.964. The predicted molar refractivity (Wildman–Crippen MR) is 75.4 cm³/mol. The van der Waals surface area contributed by atoms with Crippen LogP contribution in [-0.4, -0.2) is 48.3 Å². The van der Waals surface area contributed by atoms with E-state index in [4.69, 9.17) is 11.6 Å². The average molecular weight is 269 g/mol. The molecule has 0 atom stereocenters. The van der Waals surface area contributed by atoms with Crippen LogP contribution in [0.4, 0.5) is 5.82 Å². The van der Waals surface area contributed by atoms with Crippen LogP contribution in [0, 0.1) is 13.8 Å². The highest BCUT2D eigenvalue weighted by Crippen LogP contribution is 2.26. The molecule has 0 bridgehead atoms. The lowest BCUT2D eigenvalue weighted by atomic mass is 10.0. The van der Waals surface area contributed by atoms with Gasteiger partial charge < -0.3 is 9.80 Å². The Hall–Kier alpha value is -0.870. The van der Waals surface area contributed by atoms with E-state index in [9.17, 15) is 0 Å². The van der Waals surface area contributed by atoms with Crippen molar-refractivity contribution in [3.8, 4) is 0 Å². The first kappa shape index (κ1) is 13.6. The van der Waals surface area contributed by atoms with Gasteiger partial charge in [0.1, 0.15) is 0 Å². The molecule has 0 radical (unpaired) electrons. The number of hydrogen-bond acceptors (Lipinski definition) is 4. The van der Waals surface area contributed by atoms with E-state index >= 15 is 0 Å². The summed E-state index contributed by atoms with van der Waals surface area (Å²) in [6.45, 7) is 6.36. The minimum Gasteiger partial charge on any atom is -0.355 e. The van der Waals surface area contributed by atoms with Crippen LogP contribution < -0.4 is 4.90 Å². The number of halogens is 1. The van der Waals surface area contributed by atoms with E-state index in [0.29, 0.717) is 11.2 Å². The van der Waals surface area contributed by atoms with Gasteiger partial charge in [0.15, 0.2) is 11.0 Å². The van der Waals surface area contributed by atoms with Crippen LogP contribution >= 0.6 is 11.6 Å². The van der Waals surface area contributed by atoms with E-state index in [2.05, 4.69) is 41.0 Å². The van der Waals surface area contributed by atoms with E-state index in [0.717, 1.165) is 30.0 Å². The SMILES string of the molecule is Cc1c(Cl)nnc(N(C)C2CCN(C)CC2)c1C. The van der Waals surface area contributed by atoms with Crippen LogP contribution in [0.1, 0.15) is 24.0 Å². The highest BCUT2D eigenvalue weighted by Gasteiger charge is 2.23. The Bertz CT molecular complexity index is 427. The molecule has 1 aromatic heterocycles. The van der Waals surface area contributed by atoms with Crippen molar-refractivity contribution in [2.75, 3.05) is 32.1 Å². The fourth-order valence-corrected chi connectivity index (χ4v) is 2.63. The molecule has 0 aromatic carbocycles. The van der Waals surface area contributed by atoms with Crippen LogP contribution in [0.3, 0.4) is 0 Å². The maximum atomic E-state index is 6.00. The maximum absolute atomic E-state index is 6.00. The summed E-state index contributed by atoms with van der Waals surface area (Å²) in [5, 5.41) is 8.80. The second-order valence-corrected chi connectivity index (χ2v) is 5.57. The Morgan fingerprint density at radius 2 is 1.78 bits per heavy atom. The topological polar surface area (TPSA) is 32.3 Å². The van der Waals surface area contributed by atoms with Crippen molar-refractivity contribution in [3.63, 3.8) is 0 Å². The molecule has 1 aromatic rings. The third kappa shape index (κ3) is 2.59. The number of likely N-dealkylation sites (tertiary alicyclic amines) is 1. The summed E-state index contributed by atoms with van der Waals surface area (Å²) in [5.41, 5.74) is 2.16. The minimum absolute atomic E-state index is 0.507. The molecule has 0 N–H and O–H groups in total. The summed E-state index contributed by atoms with van der Waals surface area (Å²) in [7, 11) is 4.29. The zero-order valence-electron chi connectivity index (χ0n) is 11.6. The molecule has 5 heteroatoms. The highest BCUT2D eigenvalue weighted by atomic mass is 35.5. The quantitative estimate of drug-likeness (QED) is 0.824. The van der Waals surface area contributed by atoms with E-state index in [1.807, 2.05) is 6.92 Å². The van der Waals surface area contributed by atoms with E-state index in [1.165, 1.54) is 12.8 Å². The van der Waals surface area contributed by atoms with Crippen LogP contribution in [0.15, 0.2) is 0 Å². The van der Waals surface area contributed by atoms with Crippen LogP contribution in [0.5, 0.6) is 0 Å². The number of aromatic nitrogens is 2. The van der Waals surface area contributed by atoms with Gasteiger partial charge in [-0.05, 0) is 58.0 Å². The Morgan fingerprint density at radius 3 is 2.39 bits per heavy atom. The molecule has 1 aliphatic heterocycles. The van der Waals surface area contributed by atoms with Gasteiger partial charge in [-0.1, -0.05) is 11.6 Å². The molecule has 4 nitrogen and oxygen atoms in total. The number of rotatable bonds is 2. The van der Waals surface area contributed by atoms with Gasteiger partial charge in [0.2, 0.25) is 0 Å². The van der Waals surface area contributed by atoms with Crippen molar-refractivity contribution in [1.82, 2.24) is 15.1 Å². The molecule has 2 heterocycles. The predicted octanol–water partition coefficient (Wildman–Crippen LogP) is 2.28. The van der Waals surface area contributed by atoms with Crippen molar-refractivity contribution >= 4 is 17.4 Å². The van der Waals surface area contributed by atoms with E-state index in [1.54, 1.807) is 0 Å². The fourth-order valence-electron chi connectivity index (χ4n) is 2.45. The second-order valence-electron chi connectivity index (χ2n) is 5.21. The third-order valence-corrected chi connectivity index (χ3v) is 4.37. The largest absolute Gasteiger partial charge is 0.355 e. The van der Waals surface area contributed by atoms with Crippen molar-refractivity contribution < 1.29 is 0 Å². The smallest absolute Gasteiger partial charge is 0.155 e. The molecule has 0 amide bonds. The molecule has 0 unspecified atom stereocenters. The summed E-state index contributed by atoms with van der Waals surface area (Å²) >= 11 is 6.00. The van der Waals surface area contributed by atoms with Gasteiger partial charge in [-0.25, -0.2) is 0 Å². The first-order valence-electron chi connectivity index (χ1n) is 6.41. The molecule has 18 heavy (non-hydrogen) atoms. The van der Waals surface area contributed by atoms with Gasteiger partial charge in [0.05, 0.1) is 0 Å². The normalized spacial score (nSPS) is 18.1. The van der Waals surface area contributed by atoms with Crippen molar-refractivity contribution in [3.05, 3.63) is 16.3 Å². The van der Waals surface area contributed by atoms with Gasteiger partial charge in [-0.15, -0.1) is 10.2 Å². The highest BCUT2D eigenvalue weighted by molar-refractivity contribution is 6.30. The Morgan fingerprint density at radius 1 is 1.17 bits per heavy atom. The fraction of sp³-hybridized carbons (Fsp3) is 0.692. The average Bonchev–Trinajstić information content (AvgIpc) is 2.36. The van der Waals surface area contributed by atoms with E-state index < -0.39 is 0 Å². The molecule has 0 saturated carbocycles. The van der Waals surface area contributed by atoms with Gasteiger partial charge >= 0.3 is 0 Å². The standard InChI is InChI=1S/C13H21ClN4/c1-9-10(2)13(16-15-12(9)14)18(4)11-5-7-17(3)8-6-11/h11H,5-8H2,1-4H3. The number of piperidine rings is 1. The summed E-state index contributed by atoms with van der Waals surface area (Å²) in [6.07, 6.45) is 2.35. The lowest BCUT2D eigenvalue weighted by Crippen LogP contribution is -2.42. The molecule has 0 aliphatic carbocycles. The van der Waals surface area contributed by atoms with Crippen LogP contribution in [-0.2, 0) is 0 Å². The van der Waals surface area contributed by atoms with Gasteiger partial charge in [0.25, 0.3) is 0 Å². The lowest BCUT2D eigenvalue weighted by molar-refractivity contribution is 0.252. The Balaban J connectivity index is 2.18. The minimum atomic E-state index is 0.507. The number of anilines is 1. The molecule has 0 spiro atoms. The lowest BCUT2D eigenvalue weighted by Gasteiger charge is -2.36. The molecule has 1 saturated heterocycles. The number of hydrogen-bond donors (Lipinski definition) is 0. The maximum Gasteiger partial charge on any atom is 0.155 e. The van der Waals surface area contributed by atoms with Gasteiger partial charge in [-0.2, -0.15) is 0 Å². The summed E-state index contributed by atoms with van der Waals surface area (Å²) in [4.78, 5) is 4.63. The van der Waals surface area contributed by atoms with Crippen molar-refractivity contribution in [2.24, 2.45) is 0 Å². The van der Waals surface area contributed by atoms with Crippen molar-refractivity contribution in [1.29, 1.82) is 0 Å². The summed E-state index contributed by atoms with van der Waals surface area (Å²) < 4.78 is 0. The number of nitrogens with zero attached hydrogens (tertiary/aromatic N) is 4.